The molecule has 1 rings (SSSR count). The van der Waals surface area contributed by atoms with E-state index in [-0.39, 0.29) is 0 Å². The number of nitrogens with two attached hydrogens (primary N) is 1. The maximum Gasteiger partial charge on any atom is 0.0494 e. The Morgan fingerprint density at radius 3 is 2.70 bits per heavy atom. The second-order valence-electron chi connectivity index (χ2n) is 3.01. The zero-order chi connectivity index (χ0) is 7.23. The van der Waals surface area contributed by atoms with Gasteiger partial charge in [0.05, 0.1) is 0 Å². The molecule has 0 aromatic rings. The summed E-state index contributed by atoms with van der Waals surface area (Å²) in [6.45, 7) is 2.70. The van der Waals surface area contributed by atoms with Crippen LogP contribution in [0.15, 0.2) is 0 Å². The summed E-state index contributed by atoms with van der Waals surface area (Å²) < 4.78 is 5.40. The molecule has 0 heterocycles. The fraction of sp³-hybridized carbons (Fsp3) is 1.00. The average Bonchev–Trinajstić information content (AvgIpc) is 2.71. The molecule has 1 saturated carbocycles. The van der Waals surface area contributed by atoms with Crippen molar-refractivity contribution in [1.82, 2.24) is 0 Å². The van der Waals surface area contributed by atoms with Crippen molar-refractivity contribution < 1.29 is 4.74 Å². The first-order valence-electron chi connectivity index (χ1n) is 4.21. The third kappa shape index (κ3) is 3.85. The van der Waals surface area contributed by atoms with Crippen molar-refractivity contribution in [1.29, 1.82) is 0 Å². The summed E-state index contributed by atoms with van der Waals surface area (Å²) in [5.41, 5.74) is 5.33. The molecule has 2 N–H and O–H groups in total. The molecule has 0 spiro atoms. The van der Waals surface area contributed by atoms with Gasteiger partial charge in [-0.05, 0) is 38.1 Å². The van der Waals surface area contributed by atoms with E-state index in [0.717, 1.165) is 38.5 Å². The highest BCUT2D eigenvalue weighted by molar-refractivity contribution is 4.71. The Morgan fingerprint density at radius 2 is 2.10 bits per heavy atom. The quantitative estimate of drug-likeness (QED) is 0.566. The lowest BCUT2D eigenvalue weighted by molar-refractivity contribution is 0.121. The summed E-state index contributed by atoms with van der Waals surface area (Å²) in [6.07, 6.45) is 5.00. The molecule has 10 heavy (non-hydrogen) atoms. The highest BCUT2D eigenvalue weighted by Gasteiger charge is 2.20. The van der Waals surface area contributed by atoms with E-state index in [1.54, 1.807) is 0 Å². The van der Waals surface area contributed by atoms with E-state index in [1.807, 2.05) is 0 Å². The molecule has 0 aromatic carbocycles. The van der Waals surface area contributed by atoms with Crippen molar-refractivity contribution in [2.75, 3.05) is 19.8 Å². The Hall–Kier alpha value is -0.0800. The number of rotatable bonds is 6. The van der Waals surface area contributed by atoms with Crippen molar-refractivity contribution in [3.8, 4) is 0 Å². The van der Waals surface area contributed by atoms with Crippen LogP contribution in [-0.2, 0) is 4.74 Å². The molecule has 1 aliphatic carbocycles. The second kappa shape index (κ2) is 4.69. The minimum Gasteiger partial charge on any atom is -0.381 e. The number of unbranched alkanes of at least 4 members (excludes halogenated alkanes) is 1. The van der Waals surface area contributed by atoms with E-state index in [4.69, 9.17) is 10.5 Å². The lowest BCUT2D eigenvalue weighted by Gasteiger charge is -2.00. The normalized spacial score (nSPS) is 17.7. The van der Waals surface area contributed by atoms with Crippen molar-refractivity contribution in [2.45, 2.75) is 25.7 Å². The topological polar surface area (TPSA) is 35.2 Å². The molecule has 2 nitrogen and oxygen atoms in total. The van der Waals surface area contributed by atoms with Crippen molar-refractivity contribution in [3.05, 3.63) is 0 Å². The van der Waals surface area contributed by atoms with Crippen LogP contribution in [0.25, 0.3) is 0 Å². The number of hydrogen-bond acceptors (Lipinski definition) is 2. The van der Waals surface area contributed by atoms with Gasteiger partial charge in [0.2, 0.25) is 0 Å². The van der Waals surface area contributed by atoms with Gasteiger partial charge < -0.3 is 10.5 Å². The van der Waals surface area contributed by atoms with Crippen LogP contribution in [0.4, 0.5) is 0 Å². The summed E-state index contributed by atoms with van der Waals surface area (Å²) in [4.78, 5) is 0. The Balaban J connectivity index is 1.68. The molecule has 0 aromatic heterocycles. The predicted octanol–water partition coefficient (Wildman–Crippen LogP) is 1.15. The first-order chi connectivity index (χ1) is 4.93. The van der Waals surface area contributed by atoms with Crippen LogP contribution in [0.2, 0.25) is 0 Å². The van der Waals surface area contributed by atoms with E-state index in [2.05, 4.69) is 0 Å². The van der Waals surface area contributed by atoms with Gasteiger partial charge in [0.25, 0.3) is 0 Å². The number of ether oxygens (including phenoxy) is 1. The maximum absolute atomic E-state index is 5.40. The molecular formula is C8H17NO. The van der Waals surface area contributed by atoms with Crippen LogP contribution in [-0.4, -0.2) is 19.8 Å². The molecule has 0 bridgehead atoms. The van der Waals surface area contributed by atoms with Gasteiger partial charge in [-0.2, -0.15) is 0 Å². The average molecular weight is 143 g/mol. The van der Waals surface area contributed by atoms with E-state index in [1.165, 1.54) is 12.8 Å². The summed E-state index contributed by atoms with van der Waals surface area (Å²) in [7, 11) is 0. The Bertz CT molecular complexity index is 81.3. The van der Waals surface area contributed by atoms with Crippen molar-refractivity contribution >= 4 is 0 Å². The summed E-state index contributed by atoms with van der Waals surface area (Å²) in [6, 6.07) is 0. The highest BCUT2D eigenvalue weighted by atomic mass is 16.5. The SMILES string of the molecule is NCCCCOCC1CC1. The molecule has 0 atom stereocenters. The predicted molar refractivity (Wildman–Crippen MR) is 41.8 cm³/mol. The molecular weight excluding hydrogens is 126 g/mol. The largest absolute Gasteiger partial charge is 0.381 e. The van der Waals surface area contributed by atoms with Crippen molar-refractivity contribution in [2.24, 2.45) is 11.7 Å². The first kappa shape index (κ1) is 8.02. The van der Waals surface area contributed by atoms with E-state index in [0.29, 0.717) is 0 Å². The van der Waals surface area contributed by atoms with Crippen LogP contribution in [0.5, 0.6) is 0 Å². The van der Waals surface area contributed by atoms with Gasteiger partial charge in [0.1, 0.15) is 0 Å². The van der Waals surface area contributed by atoms with Gasteiger partial charge in [0, 0.05) is 13.2 Å². The Kier molecular flexibility index (Phi) is 3.76. The van der Waals surface area contributed by atoms with E-state index >= 15 is 0 Å². The smallest absolute Gasteiger partial charge is 0.0494 e. The lowest BCUT2D eigenvalue weighted by atomic mass is 10.3. The molecule has 1 fully saturated rings. The van der Waals surface area contributed by atoms with Crippen LogP contribution in [0, 0.1) is 5.92 Å². The van der Waals surface area contributed by atoms with Gasteiger partial charge in [-0.3, -0.25) is 0 Å². The monoisotopic (exact) mass is 143 g/mol. The lowest BCUT2D eigenvalue weighted by Crippen LogP contribution is -2.03. The molecule has 0 radical (unpaired) electrons. The molecule has 1 aliphatic rings. The fourth-order valence-electron chi connectivity index (χ4n) is 0.883. The zero-order valence-corrected chi connectivity index (χ0v) is 6.51. The van der Waals surface area contributed by atoms with E-state index in [9.17, 15) is 0 Å². The standard InChI is InChI=1S/C8H17NO/c9-5-1-2-6-10-7-8-3-4-8/h8H,1-7,9H2. The first-order valence-corrected chi connectivity index (χ1v) is 4.21. The Labute approximate surface area is 62.7 Å². The van der Waals surface area contributed by atoms with Gasteiger partial charge in [0.15, 0.2) is 0 Å². The summed E-state index contributed by atoms with van der Waals surface area (Å²) >= 11 is 0. The molecule has 0 aliphatic heterocycles. The molecule has 60 valence electrons. The molecule has 2 heteroatoms. The minimum absolute atomic E-state index is 0.798. The minimum atomic E-state index is 0.798. The molecule has 0 unspecified atom stereocenters. The summed E-state index contributed by atoms with van der Waals surface area (Å²) in [5, 5.41) is 0. The third-order valence-corrected chi connectivity index (χ3v) is 1.79. The van der Waals surface area contributed by atoms with Crippen LogP contribution in [0.3, 0.4) is 0 Å². The van der Waals surface area contributed by atoms with Crippen molar-refractivity contribution in [3.63, 3.8) is 0 Å². The van der Waals surface area contributed by atoms with Gasteiger partial charge >= 0.3 is 0 Å². The van der Waals surface area contributed by atoms with E-state index < -0.39 is 0 Å². The summed E-state index contributed by atoms with van der Waals surface area (Å²) in [5.74, 6) is 0.901. The van der Waals surface area contributed by atoms with Gasteiger partial charge in [-0.25, -0.2) is 0 Å². The highest BCUT2D eigenvalue weighted by Crippen LogP contribution is 2.28. The second-order valence-corrected chi connectivity index (χ2v) is 3.01. The third-order valence-electron chi connectivity index (χ3n) is 1.79. The van der Waals surface area contributed by atoms with Crippen LogP contribution in [0.1, 0.15) is 25.7 Å². The number of hydrogen-bond donors (Lipinski definition) is 1. The molecule has 0 saturated heterocycles. The van der Waals surface area contributed by atoms with Crippen LogP contribution < -0.4 is 5.73 Å². The fourth-order valence-corrected chi connectivity index (χ4v) is 0.883. The Morgan fingerprint density at radius 1 is 1.30 bits per heavy atom. The maximum atomic E-state index is 5.40. The van der Waals surface area contributed by atoms with Gasteiger partial charge in [-0.1, -0.05) is 0 Å². The molecule has 0 amide bonds. The van der Waals surface area contributed by atoms with Crippen LogP contribution >= 0.6 is 0 Å². The zero-order valence-electron chi connectivity index (χ0n) is 6.51. The van der Waals surface area contributed by atoms with Gasteiger partial charge in [-0.15, -0.1) is 0 Å².